The molecule has 1 aromatic heterocycles. The molecule has 1 aromatic rings. The van der Waals surface area contributed by atoms with Gasteiger partial charge in [-0.1, -0.05) is 0 Å². The maximum Gasteiger partial charge on any atom is 0.225 e. The van der Waals surface area contributed by atoms with Gasteiger partial charge in [-0.05, 0) is 25.5 Å². The van der Waals surface area contributed by atoms with Crippen LogP contribution in [0.25, 0.3) is 0 Å². The molecule has 0 bridgehead atoms. The molecular weight excluding hydrogens is 178 g/mol. The fourth-order valence-corrected chi connectivity index (χ4v) is 1.11. The number of nitrogens with two attached hydrogens (primary N) is 1. The Hall–Kier alpha value is -1.42. The van der Waals surface area contributed by atoms with Gasteiger partial charge >= 0.3 is 0 Å². The summed E-state index contributed by atoms with van der Waals surface area (Å²) in [6.07, 6.45) is 3.69. The molecule has 14 heavy (non-hydrogen) atoms. The van der Waals surface area contributed by atoms with E-state index >= 15 is 0 Å². The Kier molecular flexibility index (Phi) is 3.59. The topological polar surface area (TPSA) is 68.0 Å². The van der Waals surface area contributed by atoms with Crippen molar-refractivity contribution >= 4 is 11.6 Å². The van der Waals surface area contributed by atoms with Gasteiger partial charge in [0, 0.05) is 30.5 Å². The minimum atomic E-state index is -0.114. The Labute approximate surface area is 83.5 Å². The molecule has 0 radical (unpaired) electrons. The number of rotatable bonds is 3. The fraction of sp³-hybridized carbons (Fsp3) is 0.400. The van der Waals surface area contributed by atoms with E-state index in [4.69, 9.17) is 5.73 Å². The fourth-order valence-electron chi connectivity index (χ4n) is 1.11. The normalized spacial score (nSPS) is 12.2. The summed E-state index contributed by atoms with van der Waals surface area (Å²) in [7, 11) is 0. The van der Waals surface area contributed by atoms with Crippen LogP contribution in [0.15, 0.2) is 18.5 Å². The Bertz CT molecular complexity index is 323. The molecule has 0 spiro atoms. The van der Waals surface area contributed by atoms with Crippen LogP contribution in [-0.4, -0.2) is 16.9 Å². The van der Waals surface area contributed by atoms with Crippen LogP contribution in [0.3, 0.4) is 0 Å². The second kappa shape index (κ2) is 4.72. The summed E-state index contributed by atoms with van der Waals surface area (Å²) >= 11 is 0. The van der Waals surface area contributed by atoms with E-state index in [-0.39, 0.29) is 11.9 Å². The number of anilines is 1. The first-order valence-electron chi connectivity index (χ1n) is 4.55. The van der Waals surface area contributed by atoms with E-state index in [1.165, 1.54) is 0 Å². The molecule has 76 valence electrons. The third-order valence-electron chi connectivity index (χ3n) is 1.80. The molecule has 4 nitrogen and oxygen atoms in total. The van der Waals surface area contributed by atoms with Crippen LogP contribution in [0.2, 0.25) is 0 Å². The van der Waals surface area contributed by atoms with E-state index in [0.29, 0.717) is 6.42 Å². The van der Waals surface area contributed by atoms with E-state index in [0.717, 1.165) is 11.3 Å². The molecule has 0 saturated carbocycles. The summed E-state index contributed by atoms with van der Waals surface area (Å²) in [5.41, 5.74) is 7.26. The van der Waals surface area contributed by atoms with Gasteiger partial charge in [0.25, 0.3) is 0 Å². The van der Waals surface area contributed by atoms with Gasteiger partial charge in [0.2, 0.25) is 5.91 Å². The van der Waals surface area contributed by atoms with Gasteiger partial charge in [-0.25, -0.2) is 0 Å². The molecular formula is C10H15N3O. The highest BCUT2D eigenvalue weighted by atomic mass is 16.1. The Morgan fingerprint density at radius 3 is 3.00 bits per heavy atom. The summed E-state index contributed by atoms with van der Waals surface area (Å²) in [5, 5.41) is 2.78. The first kappa shape index (κ1) is 10.7. The van der Waals surface area contributed by atoms with E-state index in [1.54, 1.807) is 25.4 Å². The predicted molar refractivity (Wildman–Crippen MR) is 55.9 cm³/mol. The minimum Gasteiger partial charge on any atom is -0.327 e. The van der Waals surface area contributed by atoms with Crippen molar-refractivity contribution in [3.05, 3.63) is 24.0 Å². The van der Waals surface area contributed by atoms with Crippen molar-refractivity contribution in [1.82, 2.24) is 4.98 Å². The highest BCUT2D eigenvalue weighted by Crippen LogP contribution is 2.11. The van der Waals surface area contributed by atoms with Crippen LogP contribution in [0.1, 0.15) is 18.9 Å². The minimum absolute atomic E-state index is 0.0608. The second-order valence-corrected chi connectivity index (χ2v) is 3.42. The lowest BCUT2D eigenvalue weighted by Gasteiger charge is -2.08. The molecule has 0 fully saturated rings. The van der Waals surface area contributed by atoms with Crippen LogP contribution < -0.4 is 11.1 Å². The Morgan fingerprint density at radius 1 is 1.71 bits per heavy atom. The molecule has 3 N–H and O–H groups in total. The van der Waals surface area contributed by atoms with Crippen LogP contribution >= 0.6 is 0 Å². The lowest BCUT2D eigenvalue weighted by Crippen LogP contribution is -2.24. The first-order chi connectivity index (χ1) is 6.59. The van der Waals surface area contributed by atoms with Crippen LogP contribution in [-0.2, 0) is 4.79 Å². The molecule has 1 rings (SSSR count). The third kappa shape index (κ3) is 3.14. The molecule has 0 aromatic carbocycles. The van der Waals surface area contributed by atoms with Gasteiger partial charge in [-0.15, -0.1) is 0 Å². The number of nitrogens with zero attached hydrogens (tertiary/aromatic N) is 1. The maximum absolute atomic E-state index is 11.4. The van der Waals surface area contributed by atoms with E-state index in [2.05, 4.69) is 10.3 Å². The number of pyridine rings is 1. The number of hydrogen-bond acceptors (Lipinski definition) is 3. The van der Waals surface area contributed by atoms with Crippen molar-refractivity contribution in [2.24, 2.45) is 5.73 Å². The first-order valence-corrected chi connectivity index (χ1v) is 4.55. The van der Waals surface area contributed by atoms with Crippen LogP contribution in [0, 0.1) is 6.92 Å². The van der Waals surface area contributed by atoms with Crippen molar-refractivity contribution in [2.75, 3.05) is 5.32 Å². The molecule has 0 aliphatic heterocycles. The summed E-state index contributed by atoms with van der Waals surface area (Å²) in [6.45, 7) is 3.70. The average Bonchev–Trinajstić information content (AvgIpc) is 2.07. The Balaban J connectivity index is 2.61. The lowest BCUT2D eigenvalue weighted by atomic mass is 10.2. The molecule has 1 atom stereocenters. The zero-order valence-electron chi connectivity index (χ0n) is 8.45. The van der Waals surface area contributed by atoms with Crippen LogP contribution in [0.4, 0.5) is 5.69 Å². The molecule has 1 amide bonds. The van der Waals surface area contributed by atoms with Gasteiger partial charge in [0.05, 0.1) is 0 Å². The predicted octanol–water partition coefficient (Wildman–Crippen LogP) is 1.07. The largest absolute Gasteiger partial charge is 0.327 e. The number of hydrogen-bond donors (Lipinski definition) is 2. The maximum atomic E-state index is 11.4. The molecule has 4 heteroatoms. The van der Waals surface area contributed by atoms with Crippen molar-refractivity contribution < 1.29 is 4.79 Å². The van der Waals surface area contributed by atoms with Crippen molar-refractivity contribution in [3.63, 3.8) is 0 Å². The zero-order chi connectivity index (χ0) is 10.6. The average molecular weight is 193 g/mol. The van der Waals surface area contributed by atoms with Gasteiger partial charge in [0.15, 0.2) is 0 Å². The number of amides is 1. The number of nitrogens with one attached hydrogen (secondary N) is 1. The summed E-state index contributed by atoms with van der Waals surface area (Å²) < 4.78 is 0. The van der Waals surface area contributed by atoms with E-state index in [1.807, 2.05) is 6.92 Å². The summed E-state index contributed by atoms with van der Waals surface area (Å²) in [4.78, 5) is 15.3. The lowest BCUT2D eigenvalue weighted by molar-refractivity contribution is -0.116. The molecule has 0 saturated heterocycles. The van der Waals surface area contributed by atoms with Crippen molar-refractivity contribution in [2.45, 2.75) is 26.3 Å². The van der Waals surface area contributed by atoms with Crippen LogP contribution in [0.5, 0.6) is 0 Å². The SMILES string of the molecule is Cc1cnccc1NC(=O)CC(C)N. The smallest absolute Gasteiger partial charge is 0.225 e. The summed E-state index contributed by atoms with van der Waals surface area (Å²) in [6, 6.07) is 1.66. The Morgan fingerprint density at radius 2 is 2.43 bits per heavy atom. The van der Waals surface area contributed by atoms with E-state index in [9.17, 15) is 4.79 Å². The number of carbonyl (C=O) groups excluding carboxylic acids is 1. The van der Waals surface area contributed by atoms with Gasteiger partial charge < -0.3 is 11.1 Å². The van der Waals surface area contributed by atoms with E-state index < -0.39 is 0 Å². The monoisotopic (exact) mass is 193 g/mol. The zero-order valence-corrected chi connectivity index (χ0v) is 8.45. The standard InChI is InChI=1S/C10H15N3O/c1-7-6-12-4-3-9(7)13-10(14)5-8(2)11/h3-4,6,8H,5,11H2,1-2H3,(H,12,13,14). The number of aromatic nitrogens is 1. The van der Waals surface area contributed by atoms with Crippen molar-refractivity contribution in [3.8, 4) is 0 Å². The summed E-state index contributed by atoms with van der Waals surface area (Å²) in [5.74, 6) is -0.0608. The molecule has 0 aliphatic carbocycles. The third-order valence-corrected chi connectivity index (χ3v) is 1.80. The van der Waals surface area contributed by atoms with Gasteiger partial charge in [-0.2, -0.15) is 0 Å². The quantitative estimate of drug-likeness (QED) is 0.754. The molecule has 0 aliphatic rings. The molecule has 1 heterocycles. The van der Waals surface area contributed by atoms with Crippen molar-refractivity contribution in [1.29, 1.82) is 0 Å². The number of aryl methyl sites for hydroxylation is 1. The van der Waals surface area contributed by atoms with Gasteiger partial charge in [0.1, 0.15) is 0 Å². The van der Waals surface area contributed by atoms with Gasteiger partial charge in [-0.3, -0.25) is 9.78 Å². The second-order valence-electron chi connectivity index (χ2n) is 3.42. The number of carbonyl (C=O) groups is 1. The molecule has 1 unspecified atom stereocenters. The highest BCUT2D eigenvalue weighted by Gasteiger charge is 2.06. The highest BCUT2D eigenvalue weighted by molar-refractivity contribution is 5.91.